The lowest BCUT2D eigenvalue weighted by Crippen LogP contribution is -2.08. The van der Waals surface area contributed by atoms with Crippen LogP contribution in [0.4, 0.5) is 5.95 Å². The molecule has 0 amide bonds. The molecule has 0 aromatic carbocycles. The van der Waals surface area contributed by atoms with Crippen molar-refractivity contribution in [2.24, 2.45) is 0 Å². The van der Waals surface area contributed by atoms with Crippen molar-refractivity contribution in [3.63, 3.8) is 0 Å². The highest BCUT2D eigenvalue weighted by Gasteiger charge is 2.07. The number of rotatable bonds is 7. The second kappa shape index (κ2) is 6.32. The molecule has 0 spiro atoms. The van der Waals surface area contributed by atoms with Crippen LogP contribution in [0.25, 0.3) is 11.2 Å². The third-order valence-corrected chi connectivity index (χ3v) is 2.64. The molecular weight excluding hydrogens is 232 g/mol. The van der Waals surface area contributed by atoms with Gasteiger partial charge >= 0.3 is 0 Å². The average Bonchev–Trinajstić information content (AvgIpc) is 2.70. The van der Waals surface area contributed by atoms with Gasteiger partial charge in [0, 0.05) is 26.5 Å². The van der Waals surface area contributed by atoms with Crippen molar-refractivity contribution in [3.05, 3.63) is 18.3 Å². The fourth-order valence-electron chi connectivity index (χ4n) is 1.77. The Morgan fingerprint density at radius 3 is 3.06 bits per heavy atom. The highest BCUT2D eigenvalue weighted by molar-refractivity contribution is 5.73. The van der Waals surface area contributed by atoms with Gasteiger partial charge < -0.3 is 15.2 Å². The summed E-state index contributed by atoms with van der Waals surface area (Å²) in [5.74, 6) is 0.501. The summed E-state index contributed by atoms with van der Waals surface area (Å²) in [7, 11) is 1.66. The second-order valence-electron chi connectivity index (χ2n) is 3.93. The first kappa shape index (κ1) is 12.8. The van der Waals surface area contributed by atoms with E-state index in [2.05, 4.69) is 9.97 Å². The molecule has 2 aromatic heterocycles. The summed E-state index contributed by atoms with van der Waals surface area (Å²) in [4.78, 5) is 8.55. The third kappa shape index (κ3) is 2.96. The first-order valence-electron chi connectivity index (χ1n) is 5.96. The van der Waals surface area contributed by atoms with Crippen LogP contribution in [-0.4, -0.2) is 41.5 Å². The number of aromatic nitrogens is 3. The van der Waals surface area contributed by atoms with Crippen molar-refractivity contribution in [1.29, 1.82) is 0 Å². The standard InChI is InChI=1S/C12H18N4O2/c1-17-8-9-18-7-3-6-16-11-10(15-12(16)13)4-2-5-14-11/h2,4-5H,3,6-9H2,1H3,(H2,13,15). The van der Waals surface area contributed by atoms with Crippen LogP contribution < -0.4 is 5.73 Å². The summed E-state index contributed by atoms with van der Waals surface area (Å²) in [5, 5.41) is 0. The van der Waals surface area contributed by atoms with E-state index >= 15 is 0 Å². The van der Waals surface area contributed by atoms with Gasteiger partial charge in [-0.25, -0.2) is 9.97 Å². The average molecular weight is 250 g/mol. The minimum Gasteiger partial charge on any atom is -0.382 e. The van der Waals surface area contributed by atoms with Crippen LogP contribution in [0.5, 0.6) is 0 Å². The Morgan fingerprint density at radius 1 is 1.33 bits per heavy atom. The van der Waals surface area contributed by atoms with E-state index in [1.165, 1.54) is 0 Å². The molecule has 6 nitrogen and oxygen atoms in total. The van der Waals surface area contributed by atoms with Crippen molar-refractivity contribution in [2.45, 2.75) is 13.0 Å². The fraction of sp³-hybridized carbons (Fsp3) is 0.500. The number of fused-ring (bicyclic) bond motifs is 1. The fourth-order valence-corrected chi connectivity index (χ4v) is 1.77. The Labute approximate surface area is 106 Å². The zero-order chi connectivity index (χ0) is 12.8. The van der Waals surface area contributed by atoms with Crippen molar-refractivity contribution < 1.29 is 9.47 Å². The van der Waals surface area contributed by atoms with Crippen LogP contribution in [0.1, 0.15) is 6.42 Å². The number of pyridine rings is 1. The molecule has 0 aliphatic heterocycles. The lowest BCUT2D eigenvalue weighted by Gasteiger charge is -2.06. The predicted molar refractivity (Wildman–Crippen MR) is 69.3 cm³/mol. The summed E-state index contributed by atoms with van der Waals surface area (Å²) in [6, 6.07) is 3.76. The van der Waals surface area contributed by atoms with Gasteiger partial charge in [-0.3, -0.25) is 4.57 Å². The van der Waals surface area contributed by atoms with Crippen LogP contribution in [0, 0.1) is 0 Å². The van der Waals surface area contributed by atoms with E-state index in [0.717, 1.165) is 24.1 Å². The van der Waals surface area contributed by atoms with E-state index in [0.29, 0.717) is 25.8 Å². The minimum atomic E-state index is 0.501. The van der Waals surface area contributed by atoms with Gasteiger partial charge in [-0.2, -0.15) is 0 Å². The maximum absolute atomic E-state index is 5.87. The first-order valence-corrected chi connectivity index (χ1v) is 5.96. The van der Waals surface area contributed by atoms with Gasteiger partial charge in [0.1, 0.15) is 5.52 Å². The molecule has 2 rings (SSSR count). The van der Waals surface area contributed by atoms with Crippen LogP contribution in [0.2, 0.25) is 0 Å². The van der Waals surface area contributed by atoms with Gasteiger partial charge in [0.15, 0.2) is 5.65 Å². The number of hydrogen-bond donors (Lipinski definition) is 1. The Hall–Kier alpha value is -1.66. The highest BCUT2D eigenvalue weighted by Crippen LogP contribution is 2.15. The molecule has 2 aromatic rings. The molecule has 98 valence electrons. The Balaban J connectivity index is 1.89. The van der Waals surface area contributed by atoms with Gasteiger partial charge in [0.25, 0.3) is 0 Å². The number of nitrogens with two attached hydrogens (primary N) is 1. The summed E-state index contributed by atoms with van der Waals surface area (Å²) < 4.78 is 12.2. The molecule has 0 saturated carbocycles. The molecule has 18 heavy (non-hydrogen) atoms. The summed E-state index contributed by atoms with van der Waals surface area (Å²) in [5.41, 5.74) is 7.52. The number of ether oxygens (including phenoxy) is 2. The molecule has 2 N–H and O–H groups in total. The van der Waals surface area contributed by atoms with Gasteiger partial charge in [-0.15, -0.1) is 0 Å². The van der Waals surface area contributed by atoms with Crippen LogP contribution >= 0.6 is 0 Å². The molecular formula is C12H18N4O2. The summed E-state index contributed by atoms with van der Waals surface area (Å²) in [6.07, 6.45) is 2.62. The van der Waals surface area contributed by atoms with Gasteiger partial charge in [-0.05, 0) is 18.6 Å². The number of imidazole rings is 1. The van der Waals surface area contributed by atoms with Crippen molar-refractivity contribution in [3.8, 4) is 0 Å². The molecule has 0 fully saturated rings. The second-order valence-corrected chi connectivity index (χ2v) is 3.93. The van der Waals surface area contributed by atoms with Gasteiger partial charge in [-0.1, -0.05) is 0 Å². The smallest absolute Gasteiger partial charge is 0.202 e. The molecule has 6 heteroatoms. The lowest BCUT2D eigenvalue weighted by molar-refractivity contribution is 0.0681. The quantitative estimate of drug-likeness (QED) is 0.744. The first-order chi connectivity index (χ1) is 8.83. The molecule has 0 aliphatic rings. The van der Waals surface area contributed by atoms with E-state index in [1.807, 2.05) is 16.7 Å². The van der Waals surface area contributed by atoms with Crippen molar-refractivity contribution in [2.75, 3.05) is 32.7 Å². The molecule has 0 unspecified atom stereocenters. The van der Waals surface area contributed by atoms with E-state index in [9.17, 15) is 0 Å². The van der Waals surface area contributed by atoms with Crippen LogP contribution in [0.15, 0.2) is 18.3 Å². The van der Waals surface area contributed by atoms with Crippen molar-refractivity contribution in [1.82, 2.24) is 14.5 Å². The SMILES string of the molecule is COCCOCCCn1c(N)nc2cccnc21. The molecule has 0 bridgehead atoms. The number of anilines is 1. The Kier molecular flexibility index (Phi) is 4.49. The third-order valence-electron chi connectivity index (χ3n) is 2.64. The monoisotopic (exact) mass is 250 g/mol. The van der Waals surface area contributed by atoms with E-state index in [1.54, 1.807) is 13.3 Å². The minimum absolute atomic E-state index is 0.501. The lowest BCUT2D eigenvalue weighted by atomic mass is 10.4. The van der Waals surface area contributed by atoms with E-state index < -0.39 is 0 Å². The molecule has 0 aliphatic carbocycles. The van der Waals surface area contributed by atoms with E-state index in [-0.39, 0.29) is 0 Å². The molecule has 2 heterocycles. The number of nitrogens with zero attached hydrogens (tertiary/aromatic N) is 3. The normalized spacial score (nSPS) is 11.2. The largest absolute Gasteiger partial charge is 0.382 e. The van der Waals surface area contributed by atoms with Crippen molar-refractivity contribution >= 4 is 17.1 Å². The topological polar surface area (TPSA) is 75.2 Å². The zero-order valence-corrected chi connectivity index (χ0v) is 10.5. The number of nitrogen functional groups attached to an aromatic ring is 1. The number of hydrogen-bond acceptors (Lipinski definition) is 5. The number of methoxy groups -OCH3 is 1. The molecule has 0 atom stereocenters. The van der Waals surface area contributed by atoms with Crippen LogP contribution in [-0.2, 0) is 16.0 Å². The Bertz CT molecular complexity index is 498. The van der Waals surface area contributed by atoms with Crippen LogP contribution in [0.3, 0.4) is 0 Å². The Morgan fingerprint density at radius 2 is 2.22 bits per heavy atom. The summed E-state index contributed by atoms with van der Waals surface area (Å²) >= 11 is 0. The summed E-state index contributed by atoms with van der Waals surface area (Å²) in [6.45, 7) is 2.67. The molecule has 0 radical (unpaired) electrons. The zero-order valence-electron chi connectivity index (χ0n) is 10.5. The van der Waals surface area contributed by atoms with E-state index in [4.69, 9.17) is 15.2 Å². The molecule has 0 saturated heterocycles. The number of aryl methyl sites for hydroxylation is 1. The van der Waals surface area contributed by atoms with Gasteiger partial charge in [0.2, 0.25) is 5.95 Å². The maximum Gasteiger partial charge on any atom is 0.202 e. The maximum atomic E-state index is 5.87. The van der Waals surface area contributed by atoms with Gasteiger partial charge in [0.05, 0.1) is 13.2 Å². The predicted octanol–water partition coefficient (Wildman–Crippen LogP) is 1.07. The highest BCUT2D eigenvalue weighted by atomic mass is 16.5.